The summed E-state index contributed by atoms with van der Waals surface area (Å²) < 4.78 is 26.2. The molecule has 0 bridgehead atoms. The zero-order chi connectivity index (χ0) is 13.0. The molecular formula is C12H25N3O2S. The van der Waals surface area contributed by atoms with Gasteiger partial charge >= 0.3 is 0 Å². The van der Waals surface area contributed by atoms with Crippen LogP contribution in [0.4, 0.5) is 0 Å². The Morgan fingerprint density at radius 3 is 2.50 bits per heavy atom. The molecule has 5 nitrogen and oxygen atoms in total. The Morgan fingerprint density at radius 2 is 1.94 bits per heavy atom. The molecule has 0 aromatic heterocycles. The Bertz CT molecular complexity index is 344. The van der Waals surface area contributed by atoms with Gasteiger partial charge in [0.05, 0.1) is 5.75 Å². The number of nitrogens with one attached hydrogen (secondary N) is 1. The zero-order valence-electron chi connectivity index (χ0n) is 11.3. The summed E-state index contributed by atoms with van der Waals surface area (Å²) in [5, 5.41) is 3.26. The molecule has 0 radical (unpaired) electrons. The van der Waals surface area contributed by atoms with E-state index >= 15 is 0 Å². The van der Waals surface area contributed by atoms with E-state index in [1.807, 2.05) is 0 Å². The van der Waals surface area contributed by atoms with E-state index in [1.165, 1.54) is 0 Å². The number of hydrogen-bond acceptors (Lipinski definition) is 4. The lowest BCUT2D eigenvalue weighted by atomic mass is 10.3. The zero-order valence-corrected chi connectivity index (χ0v) is 12.1. The van der Waals surface area contributed by atoms with Crippen molar-refractivity contribution in [1.29, 1.82) is 0 Å². The molecule has 2 rings (SSSR count). The van der Waals surface area contributed by atoms with Crippen molar-refractivity contribution < 1.29 is 8.42 Å². The van der Waals surface area contributed by atoms with Crippen LogP contribution in [0, 0.1) is 0 Å². The molecular weight excluding hydrogens is 250 g/mol. The molecule has 0 spiro atoms. The van der Waals surface area contributed by atoms with Crippen LogP contribution in [0.25, 0.3) is 0 Å². The van der Waals surface area contributed by atoms with Crippen molar-refractivity contribution >= 4 is 10.0 Å². The van der Waals surface area contributed by atoms with Crippen LogP contribution in [0.2, 0.25) is 0 Å². The van der Waals surface area contributed by atoms with Gasteiger partial charge in [0.25, 0.3) is 0 Å². The van der Waals surface area contributed by atoms with Crippen molar-refractivity contribution in [3.63, 3.8) is 0 Å². The molecule has 2 heterocycles. The van der Waals surface area contributed by atoms with E-state index in [4.69, 9.17) is 0 Å². The van der Waals surface area contributed by atoms with E-state index in [9.17, 15) is 8.42 Å². The van der Waals surface area contributed by atoms with E-state index in [-0.39, 0.29) is 11.8 Å². The highest BCUT2D eigenvalue weighted by Gasteiger charge is 2.30. The second kappa shape index (κ2) is 6.32. The lowest BCUT2D eigenvalue weighted by molar-refractivity contribution is 0.188. The van der Waals surface area contributed by atoms with Gasteiger partial charge in [0, 0.05) is 32.2 Å². The molecule has 6 heteroatoms. The fourth-order valence-electron chi connectivity index (χ4n) is 2.81. The van der Waals surface area contributed by atoms with Gasteiger partial charge in [-0.05, 0) is 32.4 Å². The molecule has 2 fully saturated rings. The molecule has 2 aliphatic rings. The molecule has 1 unspecified atom stereocenters. The highest BCUT2D eigenvalue weighted by molar-refractivity contribution is 7.89. The van der Waals surface area contributed by atoms with E-state index < -0.39 is 10.0 Å². The Hall–Kier alpha value is -0.170. The molecule has 1 N–H and O–H groups in total. The first-order valence-electron chi connectivity index (χ1n) is 7.05. The van der Waals surface area contributed by atoms with Gasteiger partial charge < -0.3 is 10.2 Å². The smallest absolute Gasteiger partial charge is 0.215 e. The van der Waals surface area contributed by atoms with Crippen LogP contribution in [0.1, 0.15) is 26.2 Å². The average molecular weight is 275 g/mol. The maximum atomic E-state index is 12.3. The summed E-state index contributed by atoms with van der Waals surface area (Å²) in [6, 6.07) is 0.170. The van der Waals surface area contributed by atoms with Crippen LogP contribution in [0.15, 0.2) is 0 Å². The Balaban J connectivity index is 1.83. The summed E-state index contributed by atoms with van der Waals surface area (Å²) in [5.41, 5.74) is 0. The SMILES string of the molecule is CCCN1CCN(S(=O)(=O)CC2CCCN2)CC1. The molecule has 2 aliphatic heterocycles. The normalized spacial score (nSPS) is 27.7. The van der Waals surface area contributed by atoms with Gasteiger partial charge in [0.15, 0.2) is 0 Å². The van der Waals surface area contributed by atoms with Gasteiger partial charge in [-0.3, -0.25) is 0 Å². The third-order valence-corrected chi connectivity index (χ3v) is 5.81. The Labute approximate surface area is 111 Å². The second-order valence-electron chi connectivity index (χ2n) is 5.31. The summed E-state index contributed by atoms with van der Waals surface area (Å²) in [4.78, 5) is 2.35. The van der Waals surface area contributed by atoms with Crippen LogP contribution in [0.5, 0.6) is 0 Å². The standard InChI is InChI=1S/C12H25N3O2S/c1-2-6-14-7-9-15(10-8-14)18(16,17)11-12-4-3-5-13-12/h12-13H,2-11H2,1H3. The van der Waals surface area contributed by atoms with Crippen molar-refractivity contribution in [3.8, 4) is 0 Å². The van der Waals surface area contributed by atoms with Gasteiger partial charge in [-0.15, -0.1) is 0 Å². The first-order valence-corrected chi connectivity index (χ1v) is 8.66. The highest BCUT2D eigenvalue weighted by atomic mass is 32.2. The average Bonchev–Trinajstić information content (AvgIpc) is 2.82. The van der Waals surface area contributed by atoms with E-state index in [0.29, 0.717) is 13.1 Å². The summed E-state index contributed by atoms with van der Waals surface area (Å²) in [5.74, 6) is 0.279. The Morgan fingerprint density at radius 1 is 1.22 bits per heavy atom. The quantitative estimate of drug-likeness (QED) is 0.773. The van der Waals surface area contributed by atoms with E-state index in [2.05, 4.69) is 17.1 Å². The number of sulfonamides is 1. The van der Waals surface area contributed by atoms with E-state index in [0.717, 1.165) is 45.4 Å². The topological polar surface area (TPSA) is 52.7 Å². The van der Waals surface area contributed by atoms with Gasteiger partial charge in [-0.1, -0.05) is 6.92 Å². The second-order valence-corrected chi connectivity index (χ2v) is 7.33. The molecule has 106 valence electrons. The minimum Gasteiger partial charge on any atom is -0.313 e. The molecule has 18 heavy (non-hydrogen) atoms. The molecule has 2 saturated heterocycles. The summed E-state index contributed by atoms with van der Waals surface area (Å²) in [6.07, 6.45) is 3.23. The predicted octanol–water partition coefficient (Wildman–Crippen LogP) is 0.0958. The first-order chi connectivity index (χ1) is 8.62. The molecule has 0 aromatic rings. The number of piperazine rings is 1. The third-order valence-electron chi connectivity index (χ3n) is 3.84. The highest BCUT2D eigenvalue weighted by Crippen LogP contribution is 2.13. The predicted molar refractivity (Wildman–Crippen MR) is 73.1 cm³/mol. The summed E-state index contributed by atoms with van der Waals surface area (Å²) in [7, 11) is -3.06. The van der Waals surface area contributed by atoms with Crippen molar-refractivity contribution in [2.75, 3.05) is 45.0 Å². The molecule has 1 atom stereocenters. The third kappa shape index (κ3) is 3.66. The van der Waals surface area contributed by atoms with Crippen LogP contribution >= 0.6 is 0 Å². The summed E-state index contributed by atoms with van der Waals surface area (Å²) >= 11 is 0. The van der Waals surface area contributed by atoms with Crippen molar-refractivity contribution in [3.05, 3.63) is 0 Å². The minimum atomic E-state index is -3.06. The van der Waals surface area contributed by atoms with E-state index in [1.54, 1.807) is 4.31 Å². The molecule has 0 aromatic carbocycles. The van der Waals surface area contributed by atoms with Crippen molar-refractivity contribution in [2.24, 2.45) is 0 Å². The van der Waals surface area contributed by atoms with Gasteiger partial charge in [0.1, 0.15) is 0 Å². The van der Waals surface area contributed by atoms with Gasteiger partial charge in [-0.25, -0.2) is 8.42 Å². The number of hydrogen-bond donors (Lipinski definition) is 1. The van der Waals surface area contributed by atoms with Crippen molar-refractivity contribution in [2.45, 2.75) is 32.2 Å². The Kier molecular flexibility index (Phi) is 5.00. The number of nitrogens with zero attached hydrogens (tertiary/aromatic N) is 2. The largest absolute Gasteiger partial charge is 0.313 e. The van der Waals surface area contributed by atoms with Crippen LogP contribution in [-0.2, 0) is 10.0 Å². The molecule has 0 saturated carbocycles. The van der Waals surface area contributed by atoms with Crippen molar-refractivity contribution in [1.82, 2.24) is 14.5 Å². The fourth-order valence-corrected chi connectivity index (χ4v) is 4.53. The molecule has 0 amide bonds. The van der Waals surface area contributed by atoms with Crippen LogP contribution < -0.4 is 5.32 Å². The maximum Gasteiger partial charge on any atom is 0.215 e. The van der Waals surface area contributed by atoms with Crippen LogP contribution in [0.3, 0.4) is 0 Å². The van der Waals surface area contributed by atoms with Crippen LogP contribution in [-0.4, -0.2) is 68.7 Å². The lowest BCUT2D eigenvalue weighted by Crippen LogP contribution is -2.50. The summed E-state index contributed by atoms with van der Waals surface area (Å²) in [6.45, 7) is 7.29. The van der Waals surface area contributed by atoms with Gasteiger partial charge in [-0.2, -0.15) is 4.31 Å². The van der Waals surface area contributed by atoms with Gasteiger partial charge in [0.2, 0.25) is 10.0 Å². The fraction of sp³-hybridized carbons (Fsp3) is 1.00. The monoisotopic (exact) mass is 275 g/mol. The minimum absolute atomic E-state index is 0.170. The maximum absolute atomic E-state index is 12.3. The molecule has 0 aliphatic carbocycles. The first kappa shape index (κ1) is 14.2. The lowest BCUT2D eigenvalue weighted by Gasteiger charge is -2.34. The number of rotatable bonds is 5.